The molecule has 0 saturated heterocycles. The average Bonchev–Trinajstić information content (AvgIpc) is 2.82. The normalized spacial score (nSPS) is 11.1. The number of nitrogens with one attached hydrogen (secondary N) is 2. The maximum Gasteiger partial charge on any atom is 0.263 e. The molecule has 0 fully saturated rings. The molecular formula is C25H19ClN2O4S. The SMILES string of the molecule is O=C(Nc1ccc(O)c(NS(=O)(=O)c2ccccc2Cl)c1)c1ccc(-c2ccccc2)cc1. The number of hydrogen-bond donors (Lipinski definition) is 3. The number of rotatable bonds is 6. The second-order valence-electron chi connectivity index (χ2n) is 7.17. The summed E-state index contributed by atoms with van der Waals surface area (Å²) in [5.41, 5.74) is 2.67. The third-order valence-corrected chi connectivity index (χ3v) is 6.74. The summed E-state index contributed by atoms with van der Waals surface area (Å²) < 4.78 is 27.7. The first-order valence-corrected chi connectivity index (χ1v) is 11.8. The van der Waals surface area contributed by atoms with Crippen molar-refractivity contribution >= 4 is 38.9 Å². The first-order valence-electron chi connectivity index (χ1n) is 9.91. The number of phenolic OH excluding ortho intramolecular Hbond substituents is 1. The number of carbonyl (C=O) groups is 1. The fourth-order valence-electron chi connectivity index (χ4n) is 3.21. The van der Waals surface area contributed by atoms with Crippen LogP contribution in [0.1, 0.15) is 10.4 Å². The van der Waals surface area contributed by atoms with Crippen molar-refractivity contribution in [2.75, 3.05) is 10.0 Å². The highest BCUT2D eigenvalue weighted by atomic mass is 35.5. The number of sulfonamides is 1. The van der Waals surface area contributed by atoms with Gasteiger partial charge in [-0.25, -0.2) is 8.42 Å². The lowest BCUT2D eigenvalue weighted by molar-refractivity contribution is 0.102. The quantitative estimate of drug-likeness (QED) is 0.242. The lowest BCUT2D eigenvalue weighted by atomic mass is 10.0. The van der Waals surface area contributed by atoms with Gasteiger partial charge in [0.25, 0.3) is 15.9 Å². The Bertz CT molecular complexity index is 1410. The van der Waals surface area contributed by atoms with E-state index in [9.17, 15) is 18.3 Å². The van der Waals surface area contributed by atoms with Crippen LogP contribution in [0.25, 0.3) is 11.1 Å². The van der Waals surface area contributed by atoms with Gasteiger partial charge < -0.3 is 10.4 Å². The van der Waals surface area contributed by atoms with Gasteiger partial charge in [0.15, 0.2) is 0 Å². The predicted molar refractivity (Wildman–Crippen MR) is 130 cm³/mol. The van der Waals surface area contributed by atoms with E-state index in [-0.39, 0.29) is 27.3 Å². The maximum absolute atomic E-state index is 12.7. The molecule has 8 heteroatoms. The van der Waals surface area contributed by atoms with Crippen LogP contribution in [0.15, 0.2) is 102 Å². The van der Waals surface area contributed by atoms with E-state index < -0.39 is 10.0 Å². The Morgan fingerprint density at radius 3 is 2.12 bits per heavy atom. The molecule has 0 unspecified atom stereocenters. The molecule has 4 aromatic rings. The van der Waals surface area contributed by atoms with Crippen molar-refractivity contribution in [1.29, 1.82) is 0 Å². The summed E-state index contributed by atoms with van der Waals surface area (Å²) >= 11 is 5.99. The molecule has 0 heterocycles. The highest BCUT2D eigenvalue weighted by Crippen LogP contribution is 2.31. The second-order valence-corrected chi connectivity index (χ2v) is 9.22. The summed E-state index contributed by atoms with van der Waals surface area (Å²) in [6.45, 7) is 0. The lowest BCUT2D eigenvalue weighted by Crippen LogP contribution is -2.15. The average molecular weight is 479 g/mol. The third kappa shape index (κ3) is 5.16. The Morgan fingerprint density at radius 2 is 1.42 bits per heavy atom. The van der Waals surface area contributed by atoms with Crippen LogP contribution in [0.4, 0.5) is 11.4 Å². The fourth-order valence-corrected chi connectivity index (χ4v) is 4.79. The van der Waals surface area contributed by atoms with Crippen LogP contribution in [0.2, 0.25) is 5.02 Å². The van der Waals surface area contributed by atoms with Gasteiger partial charge in [0, 0.05) is 11.3 Å². The zero-order valence-corrected chi connectivity index (χ0v) is 18.8. The molecule has 3 N–H and O–H groups in total. The minimum Gasteiger partial charge on any atom is -0.506 e. The monoisotopic (exact) mass is 478 g/mol. The van der Waals surface area contributed by atoms with Crippen molar-refractivity contribution in [2.45, 2.75) is 4.90 Å². The summed E-state index contributed by atoms with van der Waals surface area (Å²) in [7, 11) is -4.05. The van der Waals surface area contributed by atoms with Crippen molar-refractivity contribution in [3.05, 3.63) is 108 Å². The van der Waals surface area contributed by atoms with Crippen molar-refractivity contribution < 1.29 is 18.3 Å². The molecule has 4 aromatic carbocycles. The van der Waals surface area contributed by atoms with Crippen LogP contribution in [-0.2, 0) is 10.0 Å². The fraction of sp³-hybridized carbons (Fsp3) is 0. The van der Waals surface area contributed by atoms with E-state index in [0.29, 0.717) is 11.3 Å². The van der Waals surface area contributed by atoms with Crippen molar-refractivity contribution in [1.82, 2.24) is 0 Å². The van der Waals surface area contributed by atoms with E-state index in [1.165, 1.54) is 30.3 Å². The van der Waals surface area contributed by atoms with Crippen LogP contribution in [0, 0.1) is 0 Å². The molecule has 4 rings (SSSR count). The standard InChI is InChI=1S/C25H19ClN2O4S/c26-21-8-4-5-9-24(21)33(31,32)28-22-16-20(14-15-23(22)29)27-25(30)19-12-10-18(11-13-19)17-6-2-1-3-7-17/h1-16,28-29H,(H,27,30). The summed E-state index contributed by atoms with van der Waals surface area (Å²) in [6, 6.07) is 27.0. The predicted octanol–water partition coefficient (Wildman–Crippen LogP) is 5.77. The zero-order valence-electron chi connectivity index (χ0n) is 17.2. The summed E-state index contributed by atoms with van der Waals surface area (Å²) in [6.07, 6.45) is 0. The van der Waals surface area contributed by atoms with Gasteiger partial charge in [0.05, 0.1) is 10.7 Å². The van der Waals surface area contributed by atoms with Crippen molar-refractivity contribution in [3.63, 3.8) is 0 Å². The molecular weight excluding hydrogens is 460 g/mol. The Kier molecular flexibility index (Phi) is 6.35. The van der Waals surface area contributed by atoms with Crippen LogP contribution in [0.5, 0.6) is 5.75 Å². The molecule has 0 aliphatic carbocycles. The highest BCUT2D eigenvalue weighted by molar-refractivity contribution is 7.92. The number of anilines is 2. The number of halogens is 1. The van der Waals surface area contributed by atoms with Gasteiger partial charge in [0.1, 0.15) is 10.6 Å². The molecule has 166 valence electrons. The van der Waals surface area contributed by atoms with E-state index in [0.717, 1.165) is 11.1 Å². The van der Waals surface area contributed by atoms with Gasteiger partial charge in [-0.3, -0.25) is 9.52 Å². The highest BCUT2D eigenvalue weighted by Gasteiger charge is 2.19. The Hall–Kier alpha value is -3.81. The van der Waals surface area contributed by atoms with E-state index in [1.54, 1.807) is 24.3 Å². The number of carbonyl (C=O) groups excluding carboxylic acids is 1. The largest absolute Gasteiger partial charge is 0.506 e. The van der Waals surface area contributed by atoms with Gasteiger partial charge in [-0.05, 0) is 53.6 Å². The van der Waals surface area contributed by atoms with Gasteiger partial charge in [-0.15, -0.1) is 0 Å². The van der Waals surface area contributed by atoms with E-state index >= 15 is 0 Å². The molecule has 0 aliphatic rings. The molecule has 0 radical (unpaired) electrons. The molecule has 0 aliphatic heterocycles. The van der Waals surface area contributed by atoms with E-state index in [1.807, 2.05) is 42.5 Å². The second kappa shape index (κ2) is 9.36. The Balaban J connectivity index is 1.52. The van der Waals surface area contributed by atoms with E-state index in [4.69, 9.17) is 11.6 Å². The first kappa shape index (κ1) is 22.4. The molecule has 33 heavy (non-hydrogen) atoms. The molecule has 6 nitrogen and oxygen atoms in total. The number of benzene rings is 4. The minimum absolute atomic E-state index is 0.0490. The molecule has 1 amide bonds. The van der Waals surface area contributed by atoms with Crippen molar-refractivity contribution in [2.24, 2.45) is 0 Å². The first-order chi connectivity index (χ1) is 15.8. The third-order valence-electron chi connectivity index (χ3n) is 4.88. The van der Waals surface area contributed by atoms with Gasteiger partial charge in [-0.1, -0.05) is 66.2 Å². The van der Waals surface area contributed by atoms with Crippen LogP contribution in [0.3, 0.4) is 0 Å². The molecule has 0 saturated carbocycles. The van der Waals surface area contributed by atoms with Gasteiger partial charge in [-0.2, -0.15) is 0 Å². The molecule has 0 aromatic heterocycles. The molecule has 0 spiro atoms. The maximum atomic E-state index is 12.7. The number of hydrogen-bond acceptors (Lipinski definition) is 4. The number of phenols is 1. The van der Waals surface area contributed by atoms with Crippen LogP contribution >= 0.6 is 11.6 Å². The van der Waals surface area contributed by atoms with Crippen LogP contribution in [-0.4, -0.2) is 19.4 Å². The minimum atomic E-state index is -4.05. The van der Waals surface area contributed by atoms with E-state index in [2.05, 4.69) is 10.0 Å². The Labute approximate surface area is 196 Å². The van der Waals surface area contributed by atoms with Gasteiger partial charge >= 0.3 is 0 Å². The lowest BCUT2D eigenvalue weighted by Gasteiger charge is -2.13. The summed E-state index contributed by atoms with van der Waals surface area (Å²) in [4.78, 5) is 12.6. The zero-order chi connectivity index (χ0) is 23.4. The topological polar surface area (TPSA) is 95.5 Å². The van der Waals surface area contributed by atoms with Gasteiger partial charge in [0.2, 0.25) is 0 Å². The Morgan fingerprint density at radius 1 is 0.788 bits per heavy atom. The number of aromatic hydroxyl groups is 1. The summed E-state index contributed by atoms with van der Waals surface area (Å²) in [5.74, 6) is -0.670. The number of amides is 1. The smallest absolute Gasteiger partial charge is 0.263 e. The van der Waals surface area contributed by atoms with Crippen LogP contribution < -0.4 is 10.0 Å². The summed E-state index contributed by atoms with van der Waals surface area (Å²) in [5, 5.41) is 12.9. The molecule has 0 bridgehead atoms. The van der Waals surface area contributed by atoms with Crippen molar-refractivity contribution in [3.8, 4) is 16.9 Å². The molecule has 0 atom stereocenters.